The van der Waals surface area contributed by atoms with Gasteiger partial charge in [-0.25, -0.2) is 0 Å². The van der Waals surface area contributed by atoms with Crippen molar-refractivity contribution >= 4 is 11.4 Å². The zero-order valence-electron chi connectivity index (χ0n) is 13.9. The Kier molecular flexibility index (Phi) is 4.95. The van der Waals surface area contributed by atoms with Gasteiger partial charge in [-0.3, -0.25) is 9.36 Å². The van der Waals surface area contributed by atoms with Crippen molar-refractivity contribution in [2.45, 2.75) is 27.3 Å². The van der Waals surface area contributed by atoms with Gasteiger partial charge in [0.25, 0.3) is 5.56 Å². The molecule has 2 rings (SSSR count). The predicted molar refractivity (Wildman–Crippen MR) is 92.1 cm³/mol. The number of aromatic hydroxyl groups is 1. The third kappa shape index (κ3) is 3.10. The highest BCUT2D eigenvalue weighted by Crippen LogP contribution is 2.27. The lowest BCUT2D eigenvalue weighted by Crippen LogP contribution is -2.21. The Balaban J connectivity index is 2.64. The van der Waals surface area contributed by atoms with Crippen molar-refractivity contribution in [3.63, 3.8) is 0 Å². The minimum absolute atomic E-state index is 0.00558. The van der Waals surface area contributed by atoms with Crippen molar-refractivity contribution in [3.8, 4) is 11.9 Å². The van der Waals surface area contributed by atoms with Crippen LogP contribution in [0, 0.1) is 32.1 Å². The molecule has 2 aromatic rings. The van der Waals surface area contributed by atoms with Gasteiger partial charge in [0.2, 0.25) is 5.88 Å². The highest BCUT2D eigenvalue weighted by atomic mass is 16.3. The molecule has 6 heteroatoms. The van der Waals surface area contributed by atoms with Crippen LogP contribution in [0.5, 0.6) is 5.88 Å². The lowest BCUT2D eigenvalue weighted by molar-refractivity contribution is 0.414. The summed E-state index contributed by atoms with van der Waals surface area (Å²) in [4.78, 5) is 12.5. The third-order valence-corrected chi connectivity index (χ3v) is 3.69. The first kappa shape index (κ1) is 17.2. The number of nitriles is 1. The SMILES string of the molecule is C=CCn1c(O)c(C#N)c(C)c(N=Nc2ccc(C)cc2C)c1=O. The van der Waals surface area contributed by atoms with E-state index in [9.17, 15) is 15.2 Å². The molecule has 122 valence electrons. The van der Waals surface area contributed by atoms with Gasteiger partial charge in [0.05, 0.1) is 5.69 Å². The van der Waals surface area contributed by atoms with E-state index < -0.39 is 5.56 Å². The molecule has 24 heavy (non-hydrogen) atoms. The van der Waals surface area contributed by atoms with Crippen LogP contribution in [0.3, 0.4) is 0 Å². The molecule has 0 aliphatic rings. The van der Waals surface area contributed by atoms with Crippen LogP contribution >= 0.6 is 0 Å². The van der Waals surface area contributed by atoms with Crippen LogP contribution < -0.4 is 5.56 Å². The molecule has 6 nitrogen and oxygen atoms in total. The summed E-state index contributed by atoms with van der Waals surface area (Å²) >= 11 is 0. The van der Waals surface area contributed by atoms with Crippen molar-refractivity contribution in [2.75, 3.05) is 0 Å². The molecular formula is C18H18N4O2. The van der Waals surface area contributed by atoms with Crippen molar-refractivity contribution in [3.05, 3.63) is 63.5 Å². The molecule has 0 atom stereocenters. The number of aromatic nitrogens is 1. The number of pyridine rings is 1. The number of aryl methyl sites for hydroxylation is 2. The molecule has 1 N–H and O–H groups in total. The van der Waals surface area contributed by atoms with E-state index in [1.807, 2.05) is 38.1 Å². The maximum absolute atomic E-state index is 12.5. The summed E-state index contributed by atoms with van der Waals surface area (Å²) in [5, 5.41) is 27.5. The summed E-state index contributed by atoms with van der Waals surface area (Å²) in [6.45, 7) is 9.07. The highest BCUT2D eigenvalue weighted by Gasteiger charge is 2.18. The van der Waals surface area contributed by atoms with Gasteiger partial charge in [0.1, 0.15) is 11.6 Å². The van der Waals surface area contributed by atoms with Crippen LogP contribution in [0.1, 0.15) is 22.3 Å². The standard InChI is InChI=1S/C18H18N4O2/c1-5-8-22-17(23)14(10-19)13(4)16(18(22)24)21-20-15-7-6-11(2)9-12(15)3/h5-7,9,23H,1,8H2,2-4H3. The van der Waals surface area contributed by atoms with E-state index in [2.05, 4.69) is 16.8 Å². The fourth-order valence-corrected chi connectivity index (χ4v) is 2.38. The van der Waals surface area contributed by atoms with E-state index in [1.165, 1.54) is 6.08 Å². The van der Waals surface area contributed by atoms with E-state index in [0.717, 1.165) is 15.7 Å². The molecule has 0 bridgehead atoms. The van der Waals surface area contributed by atoms with Crippen LogP contribution in [0.15, 0.2) is 45.9 Å². The average molecular weight is 322 g/mol. The maximum atomic E-state index is 12.5. The van der Waals surface area contributed by atoms with E-state index in [4.69, 9.17) is 0 Å². The first-order valence-corrected chi connectivity index (χ1v) is 7.37. The smallest absolute Gasteiger partial charge is 0.281 e. The molecule has 1 heterocycles. The van der Waals surface area contributed by atoms with Crippen molar-refractivity contribution < 1.29 is 5.11 Å². The summed E-state index contributed by atoms with van der Waals surface area (Å²) < 4.78 is 1.05. The van der Waals surface area contributed by atoms with E-state index in [1.54, 1.807) is 6.92 Å². The van der Waals surface area contributed by atoms with Gasteiger partial charge in [-0.1, -0.05) is 23.8 Å². The molecule has 0 saturated carbocycles. The second-order valence-corrected chi connectivity index (χ2v) is 5.48. The Morgan fingerprint density at radius 1 is 1.33 bits per heavy atom. The minimum Gasteiger partial charge on any atom is -0.493 e. The van der Waals surface area contributed by atoms with Gasteiger partial charge < -0.3 is 5.11 Å². The van der Waals surface area contributed by atoms with E-state index in [0.29, 0.717) is 11.3 Å². The zero-order valence-corrected chi connectivity index (χ0v) is 13.9. The molecule has 0 saturated heterocycles. The van der Waals surface area contributed by atoms with E-state index in [-0.39, 0.29) is 23.7 Å². The van der Waals surface area contributed by atoms with Crippen molar-refractivity contribution in [1.82, 2.24) is 4.57 Å². The largest absolute Gasteiger partial charge is 0.493 e. The van der Waals surface area contributed by atoms with Gasteiger partial charge in [0.15, 0.2) is 5.69 Å². The minimum atomic E-state index is -0.516. The first-order valence-electron chi connectivity index (χ1n) is 7.37. The molecule has 1 aromatic heterocycles. The molecular weight excluding hydrogens is 304 g/mol. The van der Waals surface area contributed by atoms with Crippen LogP contribution in [-0.4, -0.2) is 9.67 Å². The molecule has 0 aliphatic carbocycles. The predicted octanol–water partition coefficient (Wildman–Crippen LogP) is 3.95. The Bertz CT molecular complexity index is 934. The van der Waals surface area contributed by atoms with Gasteiger partial charge in [-0.2, -0.15) is 10.4 Å². The number of nitrogens with zero attached hydrogens (tertiary/aromatic N) is 4. The fraction of sp³-hybridized carbons (Fsp3) is 0.222. The molecule has 0 aliphatic heterocycles. The maximum Gasteiger partial charge on any atom is 0.281 e. The third-order valence-electron chi connectivity index (χ3n) is 3.69. The Morgan fingerprint density at radius 3 is 2.62 bits per heavy atom. The zero-order chi connectivity index (χ0) is 17.9. The average Bonchev–Trinajstić information content (AvgIpc) is 2.53. The summed E-state index contributed by atoms with van der Waals surface area (Å²) in [6.07, 6.45) is 1.46. The summed E-state index contributed by atoms with van der Waals surface area (Å²) in [5.74, 6) is -0.384. The lowest BCUT2D eigenvalue weighted by atomic mass is 10.1. The van der Waals surface area contributed by atoms with Gasteiger partial charge in [0, 0.05) is 12.1 Å². The topological polar surface area (TPSA) is 90.7 Å². The molecule has 0 radical (unpaired) electrons. The molecule has 0 unspecified atom stereocenters. The first-order chi connectivity index (χ1) is 11.4. The molecule has 0 amide bonds. The van der Waals surface area contributed by atoms with Gasteiger partial charge in [-0.05, 0) is 32.4 Å². The number of hydrogen-bond acceptors (Lipinski definition) is 5. The Morgan fingerprint density at radius 2 is 2.04 bits per heavy atom. The normalized spacial score (nSPS) is 10.8. The monoisotopic (exact) mass is 322 g/mol. The van der Waals surface area contributed by atoms with Crippen molar-refractivity contribution in [2.24, 2.45) is 10.2 Å². The summed E-state index contributed by atoms with van der Waals surface area (Å²) in [7, 11) is 0. The number of rotatable bonds is 4. The van der Waals surface area contributed by atoms with Gasteiger partial charge in [-0.15, -0.1) is 11.7 Å². The number of benzene rings is 1. The van der Waals surface area contributed by atoms with Crippen LogP contribution in [0.25, 0.3) is 0 Å². The van der Waals surface area contributed by atoms with Crippen LogP contribution in [0.2, 0.25) is 0 Å². The lowest BCUT2D eigenvalue weighted by Gasteiger charge is -2.11. The summed E-state index contributed by atoms with van der Waals surface area (Å²) in [6, 6.07) is 7.59. The number of azo groups is 1. The van der Waals surface area contributed by atoms with Crippen LogP contribution in [-0.2, 0) is 6.54 Å². The molecule has 1 aromatic carbocycles. The second-order valence-electron chi connectivity index (χ2n) is 5.48. The van der Waals surface area contributed by atoms with Crippen LogP contribution in [0.4, 0.5) is 11.4 Å². The summed E-state index contributed by atoms with van der Waals surface area (Å²) in [5.41, 5.74) is 2.50. The molecule has 0 fully saturated rings. The quantitative estimate of drug-likeness (QED) is 0.682. The second kappa shape index (κ2) is 6.92. The van der Waals surface area contributed by atoms with E-state index >= 15 is 0 Å². The van der Waals surface area contributed by atoms with Crippen molar-refractivity contribution in [1.29, 1.82) is 5.26 Å². The highest BCUT2D eigenvalue weighted by molar-refractivity contribution is 5.57. The number of allylic oxidation sites excluding steroid dienone is 1. The Hall–Kier alpha value is -3.20. The molecule has 0 spiro atoms. The van der Waals surface area contributed by atoms with Gasteiger partial charge >= 0.3 is 0 Å². The fourth-order valence-electron chi connectivity index (χ4n) is 2.38. The number of hydrogen-bond donors (Lipinski definition) is 1. The Labute approximate surface area is 140 Å².